The normalized spacial score (nSPS) is 26.9. The van der Waals surface area contributed by atoms with Gasteiger partial charge in [0.05, 0.1) is 7.11 Å². The first-order chi connectivity index (χ1) is 12.6. The summed E-state index contributed by atoms with van der Waals surface area (Å²) in [6, 6.07) is 0. The first-order valence-electron chi connectivity index (χ1n) is 7.83. The molecule has 1 rings (SSSR count). The second-order valence-electron chi connectivity index (χ2n) is 5.46. The summed E-state index contributed by atoms with van der Waals surface area (Å²) < 4.78 is 31.0. The molecule has 1 heterocycles. The lowest BCUT2D eigenvalue weighted by Crippen LogP contribution is -2.63. The number of rotatable bonds is 7. The molecule has 0 N–H and O–H groups in total. The predicted molar refractivity (Wildman–Crippen MR) is 87.8 cm³/mol. The highest BCUT2D eigenvalue weighted by Gasteiger charge is 2.55. The number of hydrogen-bond donors (Lipinski definition) is 0. The van der Waals surface area contributed by atoms with Gasteiger partial charge in [-0.2, -0.15) is 0 Å². The van der Waals surface area contributed by atoms with Crippen LogP contribution in [0.4, 0.5) is 0 Å². The molecule has 1 saturated heterocycles. The summed E-state index contributed by atoms with van der Waals surface area (Å²) in [6.07, 6.45) is -5.90. The Kier molecular flexibility index (Phi) is 7.98. The van der Waals surface area contributed by atoms with Crippen LogP contribution >= 0.6 is 0 Å². The average Bonchev–Trinajstić information content (AvgIpc) is 2.57. The molecule has 5 unspecified atom stereocenters. The minimum Gasteiger partial charge on any atom is -0.467 e. The highest BCUT2D eigenvalue weighted by molar-refractivity contribution is 5.77. The molecule has 150 valence electrons. The molecule has 0 spiro atoms. The summed E-state index contributed by atoms with van der Waals surface area (Å²) in [5.74, 6) is -3.20. The topological polar surface area (TPSA) is 124 Å². The van der Waals surface area contributed by atoms with Crippen molar-refractivity contribution in [2.24, 2.45) is 0 Å². The van der Waals surface area contributed by atoms with Crippen molar-refractivity contribution in [2.45, 2.75) is 51.5 Å². The Morgan fingerprint density at radius 2 is 1.33 bits per heavy atom. The number of hydrogen-bond acceptors (Lipinski definition) is 10. The molecule has 27 heavy (non-hydrogen) atoms. The molecule has 10 nitrogen and oxygen atoms in total. The maximum Gasteiger partial charge on any atom is 0.339 e. The van der Waals surface area contributed by atoms with Crippen LogP contribution in [0.3, 0.4) is 0 Å². The van der Waals surface area contributed by atoms with E-state index in [2.05, 4.69) is 17.9 Å². The van der Waals surface area contributed by atoms with Gasteiger partial charge in [-0.25, -0.2) is 4.79 Å². The van der Waals surface area contributed by atoms with Gasteiger partial charge in [-0.15, -0.1) is 0 Å². The molecule has 0 aromatic carbocycles. The lowest BCUT2D eigenvalue weighted by molar-refractivity contribution is -0.292. The fourth-order valence-corrected chi connectivity index (χ4v) is 2.37. The van der Waals surface area contributed by atoms with Crippen LogP contribution in [0, 0.1) is 0 Å². The van der Waals surface area contributed by atoms with Crippen LogP contribution < -0.4 is 0 Å². The maximum absolute atomic E-state index is 12.1. The molecule has 1 aliphatic rings. The van der Waals surface area contributed by atoms with Crippen LogP contribution in [0.15, 0.2) is 25.0 Å². The molecular weight excluding hydrogens is 364 g/mol. The second-order valence-corrected chi connectivity index (χ2v) is 5.46. The van der Waals surface area contributed by atoms with E-state index in [1.165, 1.54) is 6.08 Å². The minimum absolute atomic E-state index is 0.0354. The standard InChI is InChI=1S/C17H22O10/c1-7-8(2)23-17-15(26-11(5)20)13(25-10(4)19)12(24-9(3)18)14(27-17)16(21)22-6/h7,12-15,17H,1-2H2,3-6H3. The van der Waals surface area contributed by atoms with Crippen LogP contribution in [0.5, 0.6) is 0 Å². The van der Waals surface area contributed by atoms with Crippen LogP contribution in [0.25, 0.3) is 0 Å². The van der Waals surface area contributed by atoms with Crippen molar-refractivity contribution in [3.63, 3.8) is 0 Å². The molecule has 0 radical (unpaired) electrons. The lowest BCUT2D eigenvalue weighted by Gasteiger charge is -2.43. The molecule has 1 aliphatic heterocycles. The first kappa shape index (κ1) is 22.2. The van der Waals surface area contributed by atoms with Crippen molar-refractivity contribution in [3.8, 4) is 0 Å². The molecular formula is C17H22O10. The molecule has 0 aromatic rings. The highest BCUT2D eigenvalue weighted by atomic mass is 16.7. The Balaban J connectivity index is 3.40. The van der Waals surface area contributed by atoms with E-state index in [-0.39, 0.29) is 5.76 Å². The Morgan fingerprint density at radius 3 is 1.78 bits per heavy atom. The fraction of sp³-hybridized carbons (Fsp3) is 0.529. The van der Waals surface area contributed by atoms with Crippen LogP contribution in [0.2, 0.25) is 0 Å². The zero-order valence-electron chi connectivity index (χ0n) is 15.5. The summed E-state index contributed by atoms with van der Waals surface area (Å²) in [4.78, 5) is 46.7. The molecule has 0 aliphatic carbocycles. The van der Waals surface area contributed by atoms with Crippen molar-refractivity contribution >= 4 is 23.9 Å². The van der Waals surface area contributed by atoms with E-state index in [9.17, 15) is 19.2 Å². The Morgan fingerprint density at radius 1 is 0.852 bits per heavy atom. The van der Waals surface area contributed by atoms with Gasteiger partial charge < -0.3 is 28.4 Å². The van der Waals surface area contributed by atoms with Crippen molar-refractivity contribution in [3.05, 3.63) is 25.0 Å². The van der Waals surface area contributed by atoms with E-state index in [1.54, 1.807) is 0 Å². The summed E-state index contributed by atoms with van der Waals surface area (Å²) in [6.45, 7) is 10.3. The van der Waals surface area contributed by atoms with E-state index in [0.717, 1.165) is 27.9 Å². The van der Waals surface area contributed by atoms with Crippen LogP contribution in [-0.2, 0) is 47.6 Å². The summed E-state index contributed by atoms with van der Waals surface area (Å²) >= 11 is 0. The van der Waals surface area contributed by atoms with Gasteiger partial charge in [0, 0.05) is 20.8 Å². The van der Waals surface area contributed by atoms with Crippen LogP contribution in [0.1, 0.15) is 20.8 Å². The third kappa shape index (κ3) is 6.10. The number of carbonyl (C=O) groups excluding carboxylic acids is 4. The summed E-state index contributed by atoms with van der Waals surface area (Å²) in [7, 11) is 1.09. The van der Waals surface area contributed by atoms with E-state index in [0.29, 0.717) is 0 Å². The van der Waals surface area contributed by atoms with Gasteiger partial charge in [-0.05, 0) is 6.08 Å². The zero-order valence-corrected chi connectivity index (χ0v) is 15.5. The molecule has 1 fully saturated rings. The van der Waals surface area contributed by atoms with E-state index < -0.39 is 54.6 Å². The molecule has 0 saturated carbocycles. The third-order valence-corrected chi connectivity index (χ3v) is 3.33. The van der Waals surface area contributed by atoms with E-state index in [1.807, 2.05) is 0 Å². The molecule has 10 heteroatoms. The van der Waals surface area contributed by atoms with Gasteiger partial charge in [0.25, 0.3) is 0 Å². The summed E-state index contributed by atoms with van der Waals surface area (Å²) in [5.41, 5.74) is 0. The average molecular weight is 386 g/mol. The van der Waals surface area contributed by atoms with Gasteiger partial charge in [-0.1, -0.05) is 13.2 Å². The Bertz CT molecular complexity index is 625. The van der Waals surface area contributed by atoms with Gasteiger partial charge in [0.1, 0.15) is 5.76 Å². The summed E-state index contributed by atoms with van der Waals surface area (Å²) in [5, 5.41) is 0. The zero-order chi connectivity index (χ0) is 20.7. The van der Waals surface area contributed by atoms with Gasteiger partial charge in [-0.3, -0.25) is 14.4 Å². The Labute approximate surface area is 156 Å². The monoisotopic (exact) mass is 386 g/mol. The number of methoxy groups -OCH3 is 1. The van der Waals surface area contributed by atoms with E-state index >= 15 is 0 Å². The lowest BCUT2D eigenvalue weighted by atomic mass is 9.97. The van der Waals surface area contributed by atoms with Gasteiger partial charge in [0.15, 0.2) is 18.3 Å². The maximum atomic E-state index is 12.1. The van der Waals surface area contributed by atoms with Crippen LogP contribution in [-0.4, -0.2) is 61.7 Å². The van der Waals surface area contributed by atoms with Crippen molar-refractivity contribution in [2.75, 3.05) is 7.11 Å². The second kappa shape index (κ2) is 9.72. The number of carbonyl (C=O) groups is 4. The predicted octanol–water partition coefficient (Wildman–Crippen LogP) is 0.396. The number of allylic oxidation sites excluding steroid dienone is 1. The van der Waals surface area contributed by atoms with Gasteiger partial charge >= 0.3 is 23.9 Å². The molecule has 0 amide bonds. The number of ether oxygens (including phenoxy) is 6. The minimum atomic E-state index is -1.52. The van der Waals surface area contributed by atoms with Crippen molar-refractivity contribution < 1.29 is 47.6 Å². The molecule has 0 bridgehead atoms. The number of esters is 4. The fourth-order valence-electron chi connectivity index (χ4n) is 2.37. The van der Waals surface area contributed by atoms with Crippen molar-refractivity contribution in [1.29, 1.82) is 0 Å². The SMILES string of the molecule is C=CC(=C)OC1OC(C(=O)OC)C(OC(C)=O)C(OC(C)=O)C1OC(C)=O. The Hall–Kier alpha value is -2.88. The third-order valence-electron chi connectivity index (χ3n) is 3.33. The molecule has 5 atom stereocenters. The first-order valence-corrected chi connectivity index (χ1v) is 7.83. The largest absolute Gasteiger partial charge is 0.467 e. The van der Waals surface area contributed by atoms with Gasteiger partial charge in [0.2, 0.25) is 12.4 Å². The van der Waals surface area contributed by atoms with Crippen molar-refractivity contribution in [1.82, 2.24) is 0 Å². The quantitative estimate of drug-likeness (QED) is 0.263. The smallest absolute Gasteiger partial charge is 0.339 e. The molecule has 0 aromatic heterocycles. The highest BCUT2D eigenvalue weighted by Crippen LogP contribution is 2.31. The van der Waals surface area contributed by atoms with E-state index in [4.69, 9.17) is 23.7 Å².